The van der Waals surface area contributed by atoms with Crippen molar-refractivity contribution in [2.75, 3.05) is 26.7 Å². The van der Waals surface area contributed by atoms with Crippen molar-refractivity contribution in [2.45, 2.75) is 12.6 Å². The second kappa shape index (κ2) is 6.43. The molecule has 0 bridgehead atoms. The van der Waals surface area contributed by atoms with Gasteiger partial charge in [-0.15, -0.1) is 11.3 Å². The number of carbonyl (C=O) groups is 2. The number of morpholine rings is 1. The first-order chi connectivity index (χ1) is 9.47. The Morgan fingerprint density at radius 1 is 1.60 bits per heavy atom. The number of urea groups is 1. The summed E-state index contributed by atoms with van der Waals surface area (Å²) >= 11 is 7.27. The summed E-state index contributed by atoms with van der Waals surface area (Å²) in [6.45, 7) is 1.16. The van der Waals surface area contributed by atoms with Gasteiger partial charge in [0, 0.05) is 18.5 Å². The Hall–Kier alpha value is -1.31. The lowest BCUT2D eigenvalue weighted by Gasteiger charge is -2.33. The van der Waals surface area contributed by atoms with E-state index in [2.05, 4.69) is 0 Å². The number of hydrogen-bond donors (Lipinski definition) is 1. The van der Waals surface area contributed by atoms with Crippen molar-refractivity contribution in [3.8, 4) is 0 Å². The molecule has 1 saturated heterocycles. The molecule has 1 aromatic heterocycles. The van der Waals surface area contributed by atoms with Gasteiger partial charge in [0.05, 0.1) is 24.0 Å². The van der Waals surface area contributed by atoms with Crippen LogP contribution in [0.1, 0.15) is 4.88 Å². The van der Waals surface area contributed by atoms with Gasteiger partial charge in [-0.05, 0) is 12.1 Å². The first-order valence-electron chi connectivity index (χ1n) is 6.06. The molecule has 2 heterocycles. The number of nitrogens with zero attached hydrogens (tertiary/aromatic N) is 2. The summed E-state index contributed by atoms with van der Waals surface area (Å²) in [5.74, 6) is -1.05. The van der Waals surface area contributed by atoms with Gasteiger partial charge >= 0.3 is 12.0 Å². The molecule has 1 unspecified atom stereocenters. The van der Waals surface area contributed by atoms with Gasteiger partial charge in [0.1, 0.15) is 0 Å². The maximum Gasteiger partial charge on any atom is 0.334 e. The van der Waals surface area contributed by atoms with Crippen LogP contribution in [0.5, 0.6) is 0 Å². The summed E-state index contributed by atoms with van der Waals surface area (Å²) < 4.78 is 5.77. The van der Waals surface area contributed by atoms with E-state index < -0.39 is 12.1 Å². The number of carbonyl (C=O) groups excluding carboxylic acids is 1. The first-order valence-corrected chi connectivity index (χ1v) is 7.25. The van der Waals surface area contributed by atoms with Crippen LogP contribution in [0.4, 0.5) is 4.79 Å². The van der Waals surface area contributed by atoms with Gasteiger partial charge in [0.15, 0.2) is 6.10 Å². The van der Waals surface area contributed by atoms with E-state index in [-0.39, 0.29) is 19.2 Å². The smallest absolute Gasteiger partial charge is 0.334 e. The van der Waals surface area contributed by atoms with Crippen LogP contribution in [-0.2, 0) is 16.1 Å². The molecular weight excluding hydrogens is 304 g/mol. The molecule has 1 atom stereocenters. The Labute approximate surface area is 125 Å². The molecule has 2 rings (SSSR count). The highest BCUT2D eigenvalue weighted by Gasteiger charge is 2.30. The highest BCUT2D eigenvalue weighted by atomic mass is 35.5. The quantitative estimate of drug-likeness (QED) is 0.921. The van der Waals surface area contributed by atoms with Crippen molar-refractivity contribution in [2.24, 2.45) is 0 Å². The minimum Gasteiger partial charge on any atom is -0.479 e. The van der Waals surface area contributed by atoms with Gasteiger partial charge in [-0.2, -0.15) is 0 Å². The van der Waals surface area contributed by atoms with Crippen LogP contribution in [0.25, 0.3) is 0 Å². The predicted octanol–water partition coefficient (Wildman–Crippen LogP) is 1.74. The van der Waals surface area contributed by atoms with Crippen LogP contribution in [0.3, 0.4) is 0 Å². The van der Waals surface area contributed by atoms with Gasteiger partial charge in [-0.1, -0.05) is 11.6 Å². The molecule has 0 spiro atoms. The fourth-order valence-corrected chi connectivity index (χ4v) is 3.09. The van der Waals surface area contributed by atoms with Gasteiger partial charge in [0.2, 0.25) is 0 Å². The maximum atomic E-state index is 12.3. The molecule has 0 aromatic carbocycles. The standard InChI is InChI=1S/C12H15ClN2O4S/c1-14(6-8-2-3-10(13)20-8)12(18)15-4-5-19-9(7-15)11(16)17/h2-3,9H,4-7H2,1H3,(H,16,17). The Kier molecular flexibility index (Phi) is 4.85. The summed E-state index contributed by atoms with van der Waals surface area (Å²) in [7, 11) is 1.68. The van der Waals surface area contributed by atoms with E-state index in [4.69, 9.17) is 21.4 Å². The Bertz CT molecular complexity index is 507. The average Bonchev–Trinajstić information content (AvgIpc) is 2.83. The van der Waals surface area contributed by atoms with Crippen molar-refractivity contribution in [1.29, 1.82) is 0 Å². The molecule has 6 nitrogen and oxygen atoms in total. The van der Waals surface area contributed by atoms with Crippen LogP contribution >= 0.6 is 22.9 Å². The summed E-state index contributed by atoms with van der Waals surface area (Å²) in [5.41, 5.74) is 0. The highest BCUT2D eigenvalue weighted by Crippen LogP contribution is 2.22. The number of carboxylic acid groups (broad SMARTS) is 1. The second-order valence-electron chi connectivity index (χ2n) is 4.49. The summed E-state index contributed by atoms with van der Waals surface area (Å²) in [5, 5.41) is 8.92. The molecule has 0 aliphatic carbocycles. The molecule has 0 saturated carbocycles. The lowest BCUT2D eigenvalue weighted by Crippen LogP contribution is -2.51. The second-order valence-corrected chi connectivity index (χ2v) is 6.29. The van der Waals surface area contributed by atoms with Crippen molar-refractivity contribution < 1.29 is 19.4 Å². The van der Waals surface area contributed by atoms with Crippen LogP contribution in [-0.4, -0.2) is 59.8 Å². The number of hydrogen-bond acceptors (Lipinski definition) is 4. The molecule has 1 fully saturated rings. The number of thiophene rings is 1. The maximum absolute atomic E-state index is 12.3. The highest BCUT2D eigenvalue weighted by molar-refractivity contribution is 7.16. The van der Waals surface area contributed by atoms with Crippen molar-refractivity contribution >= 4 is 34.9 Å². The molecule has 0 radical (unpaired) electrons. The SMILES string of the molecule is CN(Cc1ccc(Cl)s1)C(=O)N1CCOC(C(=O)O)C1. The summed E-state index contributed by atoms with van der Waals surface area (Å²) in [6.07, 6.45) is -0.947. The zero-order valence-corrected chi connectivity index (χ0v) is 12.5. The molecule has 1 N–H and O–H groups in total. The Balaban J connectivity index is 1.94. The zero-order valence-electron chi connectivity index (χ0n) is 10.9. The van der Waals surface area contributed by atoms with Gasteiger partial charge in [0.25, 0.3) is 0 Å². The number of halogens is 1. The predicted molar refractivity (Wildman–Crippen MR) is 75.1 cm³/mol. The molecule has 1 aliphatic rings. The van der Waals surface area contributed by atoms with E-state index in [0.29, 0.717) is 17.4 Å². The van der Waals surface area contributed by atoms with Gasteiger partial charge in [-0.25, -0.2) is 9.59 Å². The molecule has 1 aromatic rings. The van der Waals surface area contributed by atoms with Crippen molar-refractivity contribution in [1.82, 2.24) is 9.80 Å². The number of aliphatic carboxylic acids is 1. The van der Waals surface area contributed by atoms with E-state index in [1.54, 1.807) is 18.0 Å². The van der Waals surface area contributed by atoms with Crippen LogP contribution in [0, 0.1) is 0 Å². The summed E-state index contributed by atoms with van der Waals surface area (Å²) in [4.78, 5) is 27.2. The van der Waals surface area contributed by atoms with E-state index in [1.165, 1.54) is 16.2 Å². The number of amides is 2. The zero-order chi connectivity index (χ0) is 14.7. The Morgan fingerprint density at radius 3 is 2.95 bits per heavy atom. The summed E-state index contributed by atoms with van der Waals surface area (Å²) in [6, 6.07) is 3.45. The lowest BCUT2D eigenvalue weighted by atomic mass is 10.3. The molecule has 8 heteroatoms. The fraction of sp³-hybridized carbons (Fsp3) is 0.500. The largest absolute Gasteiger partial charge is 0.479 e. The lowest BCUT2D eigenvalue weighted by molar-refractivity contribution is -0.154. The molecule has 110 valence electrons. The minimum atomic E-state index is -1.05. The topological polar surface area (TPSA) is 70.1 Å². The molecule has 20 heavy (non-hydrogen) atoms. The van der Waals surface area contributed by atoms with Crippen LogP contribution in [0.15, 0.2) is 12.1 Å². The Morgan fingerprint density at radius 2 is 2.35 bits per heavy atom. The van der Waals surface area contributed by atoms with Crippen LogP contribution < -0.4 is 0 Å². The normalized spacial score (nSPS) is 18.9. The van der Waals surface area contributed by atoms with E-state index in [9.17, 15) is 9.59 Å². The average molecular weight is 319 g/mol. The van der Waals surface area contributed by atoms with Gasteiger partial charge < -0.3 is 19.6 Å². The van der Waals surface area contributed by atoms with Crippen molar-refractivity contribution in [3.05, 3.63) is 21.3 Å². The molecular formula is C12H15ClN2O4S. The fourth-order valence-electron chi connectivity index (χ4n) is 1.95. The van der Waals surface area contributed by atoms with Crippen molar-refractivity contribution in [3.63, 3.8) is 0 Å². The third-order valence-corrected chi connectivity index (χ3v) is 4.18. The number of ether oxygens (including phenoxy) is 1. The number of carboxylic acids is 1. The first kappa shape index (κ1) is 15.1. The van der Waals surface area contributed by atoms with E-state index in [0.717, 1.165) is 4.88 Å². The number of rotatable bonds is 3. The monoisotopic (exact) mass is 318 g/mol. The van der Waals surface area contributed by atoms with E-state index in [1.807, 2.05) is 6.07 Å². The minimum absolute atomic E-state index is 0.0731. The molecule has 2 amide bonds. The third kappa shape index (κ3) is 3.62. The van der Waals surface area contributed by atoms with Crippen LogP contribution in [0.2, 0.25) is 4.34 Å². The third-order valence-electron chi connectivity index (χ3n) is 2.96. The van der Waals surface area contributed by atoms with Gasteiger partial charge in [-0.3, -0.25) is 0 Å². The van der Waals surface area contributed by atoms with E-state index >= 15 is 0 Å². The molecule has 1 aliphatic heterocycles.